The van der Waals surface area contributed by atoms with Crippen LogP contribution >= 0.6 is 0 Å². The molecule has 0 radical (unpaired) electrons. The van der Waals surface area contributed by atoms with Crippen LogP contribution in [0.3, 0.4) is 0 Å². The second-order valence-corrected chi connectivity index (χ2v) is 8.78. The fourth-order valence-corrected chi connectivity index (χ4v) is 5.19. The molecule has 152 valence electrons. The largest absolute Gasteiger partial charge is 0.378 e. The predicted octanol–water partition coefficient (Wildman–Crippen LogP) is 3.60. The van der Waals surface area contributed by atoms with Crippen molar-refractivity contribution < 1.29 is 4.74 Å². The number of aromatic nitrogens is 3. The number of hydrogen-bond acceptors (Lipinski definition) is 5. The van der Waals surface area contributed by atoms with Gasteiger partial charge >= 0.3 is 0 Å². The maximum Gasteiger partial charge on any atom is 0.241 e. The summed E-state index contributed by atoms with van der Waals surface area (Å²) < 4.78 is 6.11. The van der Waals surface area contributed by atoms with E-state index in [1.807, 2.05) is 7.11 Å². The standard InChI is InChI=1S/C22H33N5O/c1-21(18-7-4-3-5-8-18)11-9-19-15-22(28-2,12-14-27(19)16-21)10-6-13-23-20-24-17-25-26-20/h3-5,7-8,17,19H,6,9-16H2,1-2H3,(H2,23,24,25,26). The van der Waals surface area contributed by atoms with Crippen molar-refractivity contribution >= 4 is 5.95 Å². The van der Waals surface area contributed by atoms with Crippen LogP contribution in [0.2, 0.25) is 0 Å². The third kappa shape index (κ3) is 4.08. The highest BCUT2D eigenvalue weighted by Crippen LogP contribution is 2.43. The first-order chi connectivity index (χ1) is 13.6. The maximum absolute atomic E-state index is 6.11. The first kappa shape index (κ1) is 19.4. The van der Waals surface area contributed by atoms with E-state index in [2.05, 4.69) is 62.7 Å². The number of piperidine rings is 2. The van der Waals surface area contributed by atoms with Gasteiger partial charge in [0.05, 0.1) is 5.60 Å². The van der Waals surface area contributed by atoms with E-state index >= 15 is 0 Å². The molecule has 2 aromatic rings. The van der Waals surface area contributed by atoms with E-state index in [1.54, 1.807) is 6.33 Å². The Morgan fingerprint density at radius 2 is 2.14 bits per heavy atom. The number of aromatic amines is 1. The fraction of sp³-hybridized carbons (Fsp3) is 0.636. The van der Waals surface area contributed by atoms with E-state index in [1.165, 1.54) is 18.4 Å². The van der Waals surface area contributed by atoms with Crippen LogP contribution in [0, 0.1) is 0 Å². The minimum Gasteiger partial charge on any atom is -0.378 e. The zero-order valence-electron chi connectivity index (χ0n) is 17.2. The highest BCUT2D eigenvalue weighted by atomic mass is 16.5. The first-order valence-electron chi connectivity index (χ1n) is 10.6. The van der Waals surface area contributed by atoms with Gasteiger partial charge < -0.3 is 10.1 Å². The number of H-pyrrole nitrogens is 1. The van der Waals surface area contributed by atoms with Gasteiger partial charge in [0.1, 0.15) is 6.33 Å². The molecule has 2 N–H and O–H groups in total. The number of anilines is 1. The minimum absolute atomic E-state index is 0.0162. The number of benzene rings is 1. The van der Waals surface area contributed by atoms with Crippen molar-refractivity contribution in [3.05, 3.63) is 42.2 Å². The van der Waals surface area contributed by atoms with Crippen molar-refractivity contribution in [2.45, 2.75) is 62.5 Å². The first-order valence-corrected chi connectivity index (χ1v) is 10.6. The Morgan fingerprint density at radius 3 is 2.89 bits per heavy atom. The van der Waals surface area contributed by atoms with Gasteiger partial charge in [0, 0.05) is 38.2 Å². The Kier molecular flexibility index (Phi) is 5.69. The van der Waals surface area contributed by atoms with Gasteiger partial charge in [-0.2, -0.15) is 0 Å². The molecule has 1 aromatic heterocycles. The fourth-order valence-electron chi connectivity index (χ4n) is 5.19. The quantitative estimate of drug-likeness (QED) is 0.715. The van der Waals surface area contributed by atoms with Crippen molar-refractivity contribution in [3.63, 3.8) is 0 Å². The van der Waals surface area contributed by atoms with E-state index in [4.69, 9.17) is 4.74 Å². The third-order valence-electron chi connectivity index (χ3n) is 6.97. The Balaban J connectivity index is 1.32. The molecule has 3 unspecified atom stereocenters. The molecule has 0 spiro atoms. The monoisotopic (exact) mass is 383 g/mol. The van der Waals surface area contributed by atoms with Gasteiger partial charge in [0.2, 0.25) is 5.95 Å². The van der Waals surface area contributed by atoms with Gasteiger partial charge in [0.25, 0.3) is 0 Å². The zero-order valence-corrected chi connectivity index (χ0v) is 17.2. The molecule has 0 saturated carbocycles. The lowest BCUT2D eigenvalue weighted by Crippen LogP contribution is -2.57. The lowest BCUT2D eigenvalue weighted by molar-refractivity contribution is -0.0960. The van der Waals surface area contributed by atoms with E-state index in [9.17, 15) is 0 Å². The molecule has 6 heteroatoms. The Hall–Kier alpha value is -1.92. The maximum atomic E-state index is 6.11. The summed E-state index contributed by atoms with van der Waals surface area (Å²) in [5.41, 5.74) is 1.77. The number of nitrogens with zero attached hydrogens (tertiary/aromatic N) is 3. The highest BCUT2D eigenvalue weighted by Gasteiger charge is 2.45. The smallest absolute Gasteiger partial charge is 0.241 e. The predicted molar refractivity (Wildman–Crippen MR) is 111 cm³/mol. The molecule has 28 heavy (non-hydrogen) atoms. The van der Waals surface area contributed by atoms with Crippen LogP contribution in [0.25, 0.3) is 0 Å². The van der Waals surface area contributed by atoms with E-state index in [0.717, 1.165) is 45.3 Å². The Morgan fingerprint density at radius 1 is 1.29 bits per heavy atom. The second kappa shape index (κ2) is 8.21. The molecule has 2 aliphatic rings. The summed E-state index contributed by atoms with van der Waals surface area (Å²) >= 11 is 0. The number of ether oxygens (including phenoxy) is 1. The van der Waals surface area contributed by atoms with Crippen molar-refractivity contribution in [1.29, 1.82) is 0 Å². The number of nitrogens with one attached hydrogen (secondary N) is 2. The molecule has 1 aromatic carbocycles. The Labute approximate surface area is 168 Å². The summed E-state index contributed by atoms with van der Waals surface area (Å²) in [5, 5.41) is 10.1. The number of fused-ring (bicyclic) bond motifs is 1. The molecule has 2 fully saturated rings. The van der Waals surface area contributed by atoms with Gasteiger partial charge in [0.15, 0.2) is 0 Å². The summed E-state index contributed by atoms with van der Waals surface area (Å²) in [6.45, 7) is 5.61. The molecular formula is C22H33N5O. The van der Waals surface area contributed by atoms with Crippen LogP contribution in [0.4, 0.5) is 5.95 Å². The normalized spacial score (nSPS) is 30.7. The molecule has 0 amide bonds. The van der Waals surface area contributed by atoms with E-state index in [0.29, 0.717) is 12.0 Å². The summed E-state index contributed by atoms with van der Waals surface area (Å²) in [4.78, 5) is 6.84. The zero-order chi connectivity index (χ0) is 19.5. The molecule has 0 aliphatic carbocycles. The van der Waals surface area contributed by atoms with Crippen LogP contribution in [-0.2, 0) is 10.2 Å². The average molecular weight is 384 g/mol. The van der Waals surface area contributed by atoms with Crippen molar-refractivity contribution in [2.24, 2.45) is 0 Å². The summed E-state index contributed by atoms with van der Waals surface area (Å²) in [5.74, 6) is 0.675. The number of methoxy groups -OCH3 is 1. The summed E-state index contributed by atoms with van der Waals surface area (Å²) in [6, 6.07) is 11.7. The SMILES string of the molecule is COC1(CCCNc2nc[nH]n2)CCN2CC(C)(c3ccccc3)CCC2C1. The van der Waals surface area contributed by atoms with Crippen molar-refractivity contribution in [2.75, 3.05) is 32.1 Å². The van der Waals surface area contributed by atoms with Crippen LogP contribution in [0.5, 0.6) is 0 Å². The highest BCUT2D eigenvalue weighted by molar-refractivity contribution is 5.26. The molecule has 3 atom stereocenters. The van der Waals surface area contributed by atoms with Gasteiger partial charge in [-0.05, 0) is 44.1 Å². The number of rotatable bonds is 7. The molecular weight excluding hydrogens is 350 g/mol. The average Bonchev–Trinajstić information content (AvgIpc) is 3.26. The molecule has 2 aliphatic heterocycles. The van der Waals surface area contributed by atoms with Crippen molar-refractivity contribution in [3.8, 4) is 0 Å². The molecule has 4 rings (SSSR count). The van der Waals surface area contributed by atoms with E-state index < -0.39 is 0 Å². The van der Waals surface area contributed by atoms with Crippen LogP contribution < -0.4 is 5.32 Å². The molecule has 6 nitrogen and oxygen atoms in total. The molecule has 2 saturated heterocycles. The topological polar surface area (TPSA) is 66.1 Å². The van der Waals surface area contributed by atoms with Gasteiger partial charge in [-0.15, -0.1) is 5.10 Å². The van der Waals surface area contributed by atoms with Gasteiger partial charge in [-0.3, -0.25) is 10.00 Å². The second-order valence-electron chi connectivity index (χ2n) is 8.78. The van der Waals surface area contributed by atoms with Crippen LogP contribution in [0.1, 0.15) is 51.0 Å². The lowest BCUT2D eigenvalue weighted by atomic mass is 9.70. The van der Waals surface area contributed by atoms with Gasteiger partial charge in [-0.25, -0.2) is 4.98 Å². The van der Waals surface area contributed by atoms with E-state index in [-0.39, 0.29) is 11.0 Å². The summed E-state index contributed by atoms with van der Waals surface area (Å²) in [7, 11) is 1.90. The van der Waals surface area contributed by atoms with Crippen LogP contribution in [0.15, 0.2) is 36.7 Å². The summed E-state index contributed by atoms with van der Waals surface area (Å²) in [6.07, 6.45) is 8.52. The molecule has 3 heterocycles. The molecule has 0 bridgehead atoms. The minimum atomic E-state index is 0.0162. The van der Waals surface area contributed by atoms with Crippen LogP contribution in [-0.4, -0.2) is 58.5 Å². The Bertz CT molecular complexity index is 737. The lowest BCUT2D eigenvalue weighted by Gasteiger charge is -2.52. The third-order valence-corrected chi connectivity index (χ3v) is 6.97. The van der Waals surface area contributed by atoms with Crippen molar-refractivity contribution in [1.82, 2.24) is 20.1 Å². The number of hydrogen-bond donors (Lipinski definition) is 2. The van der Waals surface area contributed by atoms with Gasteiger partial charge in [-0.1, -0.05) is 37.3 Å².